The molecule has 1 aliphatic rings. The van der Waals surface area contributed by atoms with E-state index in [0.29, 0.717) is 18.0 Å². The second-order valence-electron chi connectivity index (χ2n) is 4.73. The summed E-state index contributed by atoms with van der Waals surface area (Å²) in [6.45, 7) is 2.03. The standard InChI is InChI=1S/C14H19FN2O2/c1-2-19-14(18)11-8-9-12(15)17-13(11)16-10-6-4-3-5-7-10/h8-10H,2-7H2,1H3,(H,16,17). The number of esters is 1. The van der Waals surface area contributed by atoms with Crippen LogP contribution in [0.1, 0.15) is 49.4 Å². The minimum Gasteiger partial charge on any atom is -0.462 e. The van der Waals surface area contributed by atoms with Gasteiger partial charge in [-0.05, 0) is 31.9 Å². The molecule has 0 bridgehead atoms. The Balaban J connectivity index is 2.16. The molecule has 0 aliphatic heterocycles. The van der Waals surface area contributed by atoms with Crippen molar-refractivity contribution < 1.29 is 13.9 Å². The zero-order valence-electron chi connectivity index (χ0n) is 11.1. The molecule has 0 spiro atoms. The van der Waals surface area contributed by atoms with Crippen LogP contribution >= 0.6 is 0 Å². The van der Waals surface area contributed by atoms with Crippen molar-refractivity contribution in [3.8, 4) is 0 Å². The molecule has 1 saturated carbocycles. The molecular formula is C14H19FN2O2. The molecule has 1 aliphatic carbocycles. The van der Waals surface area contributed by atoms with E-state index in [1.54, 1.807) is 6.92 Å². The number of hydrogen-bond acceptors (Lipinski definition) is 4. The molecule has 1 aromatic heterocycles. The third-order valence-corrected chi connectivity index (χ3v) is 3.30. The predicted molar refractivity (Wildman–Crippen MR) is 70.6 cm³/mol. The summed E-state index contributed by atoms with van der Waals surface area (Å²) >= 11 is 0. The van der Waals surface area contributed by atoms with Gasteiger partial charge in [0.1, 0.15) is 11.4 Å². The van der Waals surface area contributed by atoms with Crippen LogP contribution in [0.15, 0.2) is 12.1 Å². The van der Waals surface area contributed by atoms with Crippen molar-refractivity contribution in [2.24, 2.45) is 0 Å². The molecule has 0 atom stereocenters. The van der Waals surface area contributed by atoms with Gasteiger partial charge < -0.3 is 10.1 Å². The first kappa shape index (κ1) is 13.8. The maximum atomic E-state index is 13.2. The van der Waals surface area contributed by atoms with Gasteiger partial charge in [-0.2, -0.15) is 4.39 Å². The number of nitrogens with one attached hydrogen (secondary N) is 1. The van der Waals surface area contributed by atoms with Crippen molar-refractivity contribution >= 4 is 11.8 Å². The average Bonchev–Trinajstić information content (AvgIpc) is 2.40. The van der Waals surface area contributed by atoms with Crippen LogP contribution in [-0.2, 0) is 4.74 Å². The SMILES string of the molecule is CCOC(=O)c1ccc(F)nc1NC1CCCCC1. The lowest BCUT2D eigenvalue weighted by atomic mass is 9.95. The van der Waals surface area contributed by atoms with Gasteiger partial charge in [-0.25, -0.2) is 9.78 Å². The van der Waals surface area contributed by atoms with Gasteiger partial charge in [0.2, 0.25) is 5.95 Å². The van der Waals surface area contributed by atoms with Crippen molar-refractivity contribution in [2.75, 3.05) is 11.9 Å². The number of hydrogen-bond donors (Lipinski definition) is 1. The predicted octanol–water partition coefficient (Wildman–Crippen LogP) is 3.14. The molecule has 1 aromatic rings. The zero-order valence-corrected chi connectivity index (χ0v) is 11.1. The molecule has 0 aromatic carbocycles. The smallest absolute Gasteiger partial charge is 0.341 e. The normalized spacial score (nSPS) is 16.1. The Bertz CT molecular complexity index is 445. The van der Waals surface area contributed by atoms with E-state index in [9.17, 15) is 9.18 Å². The van der Waals surface area contributed by atoms with E-state index in [1.807, 2.05) is 0 Å². The molecule has 0 radical (unpaired) electrons. The van der Waals surface area contributed by atoms with E-state index in [1.165, 1.54) is 18.6 Å². The summed E-state index contributed by atoms with van der Waals surface area (Å²) in [4.78, 5) is 15.6. The molecule has 1 N–H and O–H groups in total. The van der Waals surface area contributed by atoms with Crippen LogP contribution in [0, 0.1) is 5.95 Å². The number of nitrogens with zero attached hydrogens (tertiary/aromatic N) is 1. The molecule has 2 rings (SSSR count). The summed E-state index contributed by atoms with van der Waals surface area (Å²) in [7, 11) is 0. The Morgan fingerprint density at radius 3 is 2.84 bits per heavy atom. The lowest BCUT2D eigenvalue weighted by Gasteiger charge is -2.24. The van der Waals surface area contributed by atoms with Crippen LogP contribution in [0.2, 0.25) is 0 Å². The van der Waals surface area contributed by atoms with Gasteiger partial charge in [-0.15, -0.1) is 0 Å². The molecule has 1 fully saturated rings. The van der Waals surface area contributed by atoms with E-state index in [2.05, 4.69) is 10.3 Å². The van der Waals surface area contributed by atoms with Crippen molar-refractivity contribution in [1.82, 2.24) is 4.98 Å². The Morgan fingerprint density at radius 1 is 1.42 bits per heavy atom. The largest absolute Gasteiger partial charge is 0.462 e. The number of aromatic nitrogens is 1. The van der Waals surface area contributed by atoms with Crippen molar-refractivity contribution in [1.29, 1.82) is 0 Å². The first-order chi connectivity index (χ1) is 9.20. The van der Waals surface area contributed by atoms with E-state index in [0.717, 1.165) is 25.7 Å². The third-order valence-electron chi connectivity index (χ3n) is 3.30. The monoisotopic (exact) mass is 266 g/mol. The topological polar surface area (TPSA) is 51.2 Å². The van der Waals surface area contributed by atoms with E-state index in [4.69, 9.17) is 4.74 Å². The summed E-state index contributed by atoms with van der Waals surface area (Å²) < 4.78 is 18.2. The molecule has 4 nitrogen and oxygen atoms in total. The Labute approximate surface area is 112 Å². The van der Waals surface area contributed by atoms with Crippen LogP contribution in [0.25, 0.3) is 0 Å². The average molecular weight is 266 g/mol. The van der Waals surface area contributed by atoms with Gasteiger partial charge in [-0.1, -0.05) is 19.3 Å². The fraction of sp³-hybridized carbons (Fsp3) is 0.571. The highest BCUT2D eigenvalue weighted by Crippen LogP contribution is 2.23. The lowest BCUT2D eigenvalue weighted by Crippen LogP contribution is -2.24. The molecular weight excluding hydrogens is 247 g/mol. The Kier molecular flexibility index (Phi) is 4.71. The van der Waals surface area contributed by atoms with Crippen LogP contribution in [0.5, 0.6) is 0 Å². The van der Waals surface area contributed by atoms with Crippen molar-refractivity contribution in [2.45, 2.75) is 45.1 Å². The quantitative estimate of drug-likeness (QED) is 0.672. The summed E-state index contributed by atoms with van der Waals surface area (Å²) in [6.07, 6.45) is 5.60. The number of anilines is 1. The second kappa shape index (κ2) is 6.50. The maximum Gasteiger partial charge on any atom is 0.341 e. The molecule has 19 heavy (non-hydrogen) atoms. The van der Waals surface area contributed by atoms with E-state index in [-0.39, 0.29) is 6.04 Å². The fourth-order valence-corrected chi connectivity index (χ4v) is 2.36. The van der Waals surface area contributed by atoms with Gasteiger partial charge in [0.05, 0.1) is 6.61 Å². The lowest BCUT2D eigenvalue weighted by molar-refractivity contribution is 0.0527. The number of ether oxygens (including phenoxy) is 1. The Morgan fingerprint density at radius 2 is 2.16 bits per heavy atom. The van der Waals surface area contributed by atoms with Gasteiger partial charge in [0.15, 0.2) is 0 Å². The van der Waals surface area contributed by atoms with Crippen LogP contribution < -0.4 is 5.32 Å². The van der Waals surface area contributed by atoms with Crippen LogP contribution in [-0.4, -0.2) is 23.6 Å². The molecule has 0 saturated heterocycles. The zero-order chi connectivity index (χ0) is 13.7. The summed E-state index contributed by atoms with van der Waals surface area (Å²) in [5, 5.41) is 3.18. The first-order valence-corrected chi connectivity index (χ1v) is 6.81. The first-order valence-electron chi connectivity index (χ1n) is 6.81. The third kappa shape index (κ3) is 3.66. The van der Waals surface area contributed by atoms with Crippen LogP contribution in [0.4, 0.5) is 10.2 Å². The highest BCUT2D eigenvalue weighted by Gasteiger charge is 2.19. The summed E-state index contributed by atoms with van der Waals surface area (Å²) in [5.74, 6) is -0.759. The fourth-order valence-electron chi connectivity index (χ4n) is 2.36. The molecule has 0 amide bonds. The van der Waals surface area contributed by atoms with E-state index >= 15 is 0 Å². The molecule has 5 heteroatoms. The van der Waals surface area contributed by atoms with Gasteiger partial charge in [0.25, 0.3) is 0 Å². The minimum absolute atomic E-state index is 0.260. The van der Waals surface area contributed by atoms with Gasteiger partial charge >= 0.3 is 5.97 Å². The van der Waals surface area contributed by atoms with Crippen molar-refractivity contribution in [3.63, 3.8) is 0 Å². The Hall–Kier alpha value is -1.65. The number of pyridine rings is 1. The number of rotatable bonds is 4. The summed E-state index contributed by atoms with van der Waals surface area (Å²) in [6, 6.07) is 2.86. The molecule has 0 unspecified atom stereocenters. The summed E-state index contributed by atoms with van der Waals surface area (Å²) in [5.41, 5.74) is 0.300. The van der Waals surface area contributed by atoms with Gasteiger partial charge in [0, 0.05) is 6.04 Å². The molecule has 104 valence electrons. The van der Waals surface area contributed by atoms with Gasteiger partial charge in [-0.3, -0.25) is 0 Å². The molecule has 1 heterocycles. The second-order valence-corrected chi connectivity index (χ2v) is 4.73. The number of carbonyl (C=O) groups is 1. The van der Waals surface area contributed by atoms with Crippen molar-refractivity contribution in [3.05, 3.63) is 23.6 Å². The number of carbonyl (C=O) groups excluding carboxylic acids is 1. The minimum atomic E-state index is -0.591. The highest BCUT2D eigenvalue weighted by molar-refractivity contribution is 5.94. The van der Waals surface area contributed by atoms with Crippen LogP contribution in [0.3, 0.4) is 0 Å². The highest BCUT2D eigenvalue weighted by atomic mass is 19.1. The van der Waals surface area contributed by atoms with E-state index < -0.39 is 11.9 Å². The maximum absolute atomic E-state index is 13.2. The number of halogens is 1.